The van der Waals surface area contributed by atoms with Crippen LogP contribution in [-0.2, 0) is 19.8 Å². The first-order valence-electron chi connectivity index (χ1n) is 20.6. The van der Waals surface area contributed by atoms with Crippen LogP contribution in [0.2, 0.25) is 10.0 Å². The summed E-state index contributed by atoms with van der Waals surface area (Å²) >= 11 is 13.2. The molecule has 4 aromatic rings. The predicted octanol–water partition coefficient (Wildman–Crippen LogP) is 8.14. The highest BCUT2D eigenvalue weighted by atomic mass is 35.5. The lowest BCUT2D eigenvalue weighted by Crippen LogP contribution is -2.64. The number of nitrogens with one attached hydrogen (secondary N) is 3. The van der Waals surface area contributed by atoms with Crippen molar-refractivity contribution in [1.82, 2.24) is 15.5 Å². The number of hydrogen-bond acceptors (Lipinski definition) is 6. The van der Waals surface area contributed by atoms with Crippen molar-refractivity contribution in [2.75, 3.05) is 11.9 Å². The van der Waals surface area contributed by atoms with Gasteiger partial charge in [0.15, 0.2) is 0 Å². The van der Waals surface area contributed by atoms with Crippen LogP contribution >= 0.6 is 23.2 Å². The molecule has 2 saturated carbocycles. The highest BCUT2D eigenvalue weighted by molar-refractivity contribution is 6.31. The molecule has 2 aliphatic heterocycles. The number of aliphatic hydroxyl groups excluding tert-OH is 2. The molecule has 5 atom stereocenters. The lowest BCUT2D eigenvalue weighted by atomic mass is 9.53. The van der Waals surface area contributed by atoms with Crippen LogP contribution in [-0.4, -0.2) is 63.1 Å². The van der Waals surface area contributed by atoms with Crippen molar-refractivity contribution < 1.29 is 29.0 Å². The zero-order valence-electron chi connectivity index (χ0n) is 33.3. The van der Waals surface area contributed by atoms with Crippen molar-refractivity contribution in [2.24, 2.45) is 5.41 Å². The maximum Gasteiger partial charge on any atom is 0.245 e. The Morgan fingerprint density at radius 3 is 2.08 bits per heavy atom. The number of fused-ring (bicyclic) bond motifs is 3. The standard InChI is InChI=1S/C47H51Cl2FN4O5/c1-45(2)22-24-46(25-23-45)47(34-21-16-30(48)26-36(34)53-44(47)59)38(33-14-9-15-35(49)39(33)50)41(43(58)52-32-19-17-31(18-20-32)51-37(56)27-55)54(46)40(28-10-5-3-6-11-28)42(57)29-12-7-4-8-13-29/h3-16,21,26,31-32,38,40-42,55,57H,17-20,22-25,27H2,1-2H3,(H,51,56)(H,52,58)(H,53,59)/t31-,32-,38-,40+,41+,42-,47?/m0/s1. The topological polar surface area (TPSA) is 131 Å². The second-order valence-corrected chi connectivity index (χ2v) is 18.5. The number of aliphatic hydroxyl groups is 2. The lowest BCUT2D eigenvalue weighted by molar-refractivity contribution is -0.137. The molecule has 2 heterocycles. The van der Waals surface area contributed by atoms with E-state index in [2.05, 4.69) is 34.7 Å². The first-order chi connectivity index (χ1) is 28.3. The molecule has 3 amide bonds. The van der Waals surface area contributed by atoms with Crippen molar-refractivity contribution >= 4 is 46.6 Å². The maximum atomic E-state index is 17.1. The van der Waals surface area contributed by atoms with Crippen molar-refractivity contribution in [3.05, 3.63) is 135 Å². The van der Waals surface area contributed by atoms with E-state index >= 15 is 14.0 Å². The normalized spacial score (nSPS) is 26.9. The van der Waals surface area contributed by atoms with Gasteiger partial charge in [0.1, 0.15) is 17.8 Å². The number of nitrogens with zero attached hydrogens (tertiary/aromatic N) is 1. The van der Waals surface area contributed by atoms with E-state index in [1.807, 2.05) is 66.7 Å². The Morgan fingerprint density at radius 1 is 0.847 bits per heavy atom. The number of hydrogen-bond donors (Lipinski definition) is 5. The summed E-state index contributed by atoms with van der Waals surface area (Å²) in [7, 11) is 0. The molecule has 59 heavy (non-hydrogen) atoms. The molecule has 1 saturated heterocycles. The van der Waals surface area contributed by atoms with Crippen LogP contribution in [0.5, 0.6) is 0 Å². The fraction of sp³-hybridized carbons (Fsp3) is 0.426. The minimum absolute atomic E-state index is 0.114. The molecule has 4 aliphatic rings. The third-order valence-corrected chi connectivity index (χ3v) is 14.3. The average molecular weight is 842 g/mol. The first kappa shape index (κ1) is 41.4. The Morgan fingerprint density at radius 2 is 1.46 bits per heavy atom. The maximum absolute atomic E-state index is 17.1. The average Bonchev–Trinajstić information content (AvgIpc) is 3.66. The number of anilines is 1. The van der Waals surface area contributed by atoms with Crippen LogP contribution in [0, 0.1) is 11.2 Å². The van der Waals surface area contributed by atoms with Gasteiger partial charge in [-0.15, -0.1) is 0 Å². The van der Waals surface area contributed by atoms with Gasteiger partial charge >= 0.3 is 0 Å². The van der Waals surface area contributed by atoms with Gasteiger partial charge in [-0.25, -0.2) is 4.39 Å². The molecule has 3 fully saturated rings. The summed E-state index contributed by atoms with van der Waals surface area (Å²) in [6.45, 7) is 3.81. The van der Waals surface area contributed by atoms with Gasteiger partial charge in [-0.1, -0.05) is 116 Å². The second kappa shape index (κ2) is 16.3. The Bertz CT molecular complexity index is 2210. The molecule has 9 nitrogen and oxygen atoms in total. The molecule has 4 aromatic carbocycles. The van der Waals surface area contributed by atoms with Gasteiger partial charge in [0, 0.05) is 34.3 Å². The second-order valence-electron chi connectivity index (χ2n) is 17.6. The minimum atomic E-state index is -1.56. The van der Waals surface area contributed by atoms with E-state index in [0.717, 1.165) is 5.56 Å². The van der Waals surface area contributed by atoms with Crippen LogP contribution in [0.15, 0.2) is 97.1 Å². The molecule has 12 heteroatoms. The van der Waals surface area contributed by atoms with E-state index in [0.29, 0.717) is 73.2 Å². The summed E-state index contributed by atoms with van der Waals surface area (Å²) in [6.07, 6.45) is 3.36. The molecule has 2 spiro atoms. The van der Waals surface area contributed by atoms with Crippen LogP contribution in [0.4, 0.5) is 10.1 Å². The number of rotatable bonds is 9. The predicted molar refractivity (Wildman–Crippen MR) is 227 cm³/mol. The van der Waals surface area contributed by atoms with Crippen molar-refractivity contribution in [3.63, 3.8) is 0 Å². The molecule has 2 aliphatic carbocycles. The van der Waals surface area contributed by atoms with Crippen LogP contribution < -0.4 is 16.0 Å². The summed E-state index contributed by atoms with van der Waals surface area (Å²) in [5, 5.41) is 31.9. The number of carbonyl (C=O) groups excluding carboxylic acids is 3. The van der Waals surface area contributed by atoms with Gasteiger partial charge in [0.05, 0.1) is 23.2 Å². The largest absolute Gasteiger partial charge is 0.387 e. The molecule has 8 rings (SSSR count). The molecule has 1 unspecified atom stereocenters. The molecular weight excluding hydrogens is 790 g/mol. The summed E-state index contributed by atoms with van der Waals surface area (Å²) < 4.78 is 17.1. The number of halogens is 3. The quantitative estimate of drug-likeness (QED) is 0.116. The monoisotopic (exact) mass is 840 g/mol. The van der Waals surface area contributed by atoms with Gasteiger partial charge in [-0.3, -0.25) is 19.3 Å². The van der Waals surface area contributed by atoms with Crippen molar-refractivity contribution in [2.45, 2.75) is 112 Å². The zero-order chi connectivity index (χ0) is 41.7. The van der Waals surface area contributed by atoms with Crippen molar-refractivity contribution in [1.29, 1.82) is 0 Å². The molecule has 0 radical (unpaired) electrons. The van der Waals surface area contributed by atoms with Gasteiger partial charge in [0.2, 0.25) is 17.7 Å². The highest BCUT2D eigenvalue weighted by Gasteiger charge is 2.77. The SMILES string of the molecule is CC1(C)CCC2(CC1)N([C@H](c1ccccc1)[C@@H](O)c1ccccc1)[C@@H](C(=O)N[C@H]1CC[C@H](NC(=O)CO)CC1)[C@H](c1cccc(Cl)c1F)C21C(=O)Nc2cc(Cl)ccc21. The molecule has 310 valence electrons. The summed E-state index contributed by atoms with van der Waals surface area (Å²) in [6, 6.07) is 26.5. The van der Waals surface area contributed by atoms with Gasteiger partial charge < -0.3 is 26.2 Å². The number of amides is 3. The number of likely N-dealkylation sites (tertiary alicyclic amines) is 1. The van der Waals surface area contributed by atoms with E-state index < -0.39 is 59.3 Å². The minimum Gasteiger partial charge on any atom is -0.387 e. The van der Waals surface area contributed by atoms with Gasteiger partial charge in [-0.2, -0.15) is 0 Å². The molecule has 0 aromatic heterocycles. The highest BCUT2D eigenvalue weighted by Crippen LogP contribution is 2.70. The van der Waals surface area contributed by atoms with Crippen LogP contribution in [0.3, 0.4) is 0 Å². The lowest BCUT2D eigenvalue weighted by Gasteiger charge is -2.56. The Balaban J connectivity index is 1.40. The smallest absolute Gasteiger partial charge is 0.245 e. The number of benzene rings is 4. The van der Waals surface area contributed by atoms with E-state index in [1.54, 1.807) is 24.3 Å². The van der Waals surface area contributed by atoms with E-state index in [4.69, 9.17) is 23.2 Å². The zero-order valence-corrected chi connectivity index (χ0v) is 34.8. The van der Waals surface area contributed by atoms with Gasteiger partial charge in [-0.05, 0) is 97.2 Å². The molecule has 5 N–H and O–H groups in total. The third kappa shape index (κ3) is 7.14. The van der Waals surface area contributed by atoms with Crippen LogP contribution in [0.25, 0.3) is 0 Å². The van der Waals surface area contributed by atoms with E-state index in [1.165, 1.54) is 6.07 Å². The summed E-state index contributed by atoms with van der Waals surface area (Å²) in [5.74, 6) is -3.04. The fourth-order valence-corrected chi connectivity index (χ4v) is 11.4. The third-order valence-electron chi connectivity index (χ3n) is 13.8. The van der Waals surface area contributed by atoms with Gasteiger partial charge in [0.25, 0.3) is 0 Å². The summed E-state index contributed by atoms with van der Waals surface area (Å²) in [5.41, 5.74) is -0.202. The van der Waals surface area contributed by atoms with E-state index in [-0.39, 0.29) is 34.0 Å². The summed E-state index contributed by atoms with van der Waals surface area (Å²) in [4.78, 5) is 45.6. The van der Waals surface area contributed by atoms with Crippen LogP contribution in [0.1, 0.15) is 106 Å². The Kier molecular flexibility index (Phi) is 11.4. The molecule has 0 bridgehead atoms. The van der Waals surface area contributed by atoms with E-state index in [9.17, 15) is 15.0 Å². The van der Waals surface area contributed by atoms with Crippen molar-refractivity contribution in [3.8, 4) is 0 Å². The fourth-order valence-electron chi connectivity index (χ4n) is 11.0. The Labute approximate surface area is 354 Å². The first-order valence-corrected chi connectivity index (χ1v) is 21.4. The Hall–Kier alpha value is -4.32. The number of carbonyl (C=O) groups is 3. The molecular formula is C47H51Cl2FN4O5.